The zero-order valence-corrected chi connectivity index (χ0v) is 11.5. The highest BCUT2D eigenvalue weighted by molar-refractivity contribution is 9.10. The van der Waals surface area contributed by atoms with E-state index < -0.39 is 0 Å². The molecule has 0 saturated carbocycles. The molecule has 1 aromatic carbocycles. The number of Topliss-reactive ketones (excluding diaryl/α,β-unsaturated/α-hetero) is 1. The second kappa shape index (κ2) is 6.41. The second-order valence-corrected chi connectivity index (χ2v) is 5.25. The van der Waals surface area contributed by atoms with E-state index in [0.29, 0.717) is 30.5 Å². The molecule has 1 aliphatic rings. The number of ether oxygens (including phenoxy) is 1. The molecule has 0 bridgehead atoms. The van der Waals surface area contributed by atoms with Crippen LogP contribution in [0, 0.1) is 5.82 Å². The minimum absolute atomic E-state index is 0.107. The molecule has 98 valence electrons. The summed E-state index contributed by atoms with van der Waals surface area (Å²) < 4.78 is 18.7. The molecule has 18 heavy (non-hydrogen) atoms. The predicted molar refractivity (Wildman–Crippen MR) is 70.0 cm³/mol. The van der Waals surface area contributed by atoms with E-state index >= 15 is 0 Å². The number of carbonyl (C=O) groups is 1. The molecule has 0 amide bonds. The van der Waals surface area contributed by atoms with Crippen LogP contribution in [0.4, 0.5) is 4.39 Å². The number of nitrogens with one attached hydrogen (secondary N) is 1. The van der Waals surface area contributed by atoms with Crippen molar-refractivity contribution in [3.05, 3.63) is 34.1 Å². The normalized spacial score (nSPS) is 19.8. The number of carbonyl (C=O) groups excluding carboxylic acids is 1. The maximum absolute atomic E-state index is 13.1. The third-order valence-electron chi connectivity index (χ3n) is 2.86. The van der Waals surface area contributed by atoms with Crippen LogP contribution in [-0.2, 0) is 16.0 Å². The maximum Gasteiger partial charge on any atom is 0.138 e. The van der Waals surface area contributed by atoms with Gasteiger partial charge < -0.3 is 10.1 Å². The van der Waals surface area contributed by atoms with Crippen molar-refractivity contribution in [2.75, 3.05) is 19.8 Å². The minimum atomic E-state index is -0.312. The topological polar surface area (TPSA) is 38.3 Å². The Morgan fingerprint density at radius 2 is 2.39 bits per heavy atom. The van der Waals surface area contributed by atoms with Gasteiger partial charge in [0.15, 0.2) is 0 Å². The van der Waals surface area contributed by atoms with Crippen LogP contribution in [0.1, 0.15) is 12.0 Å². The van der Waals surface area contributed by atoms with Gasteiger partial charge in [0, 0.05) is 25.4 Å². The molecule has 1 N–H and O–H groups in total. The van der Waals surface area contributed by atoms with Gasteiger partial charge in [-0.2, -0.15) is 0 Å². The van der Waals surface area contributed by atoms with E-state index in [1.807, 2.05) is 0 Å². The van der Waals surface area contributed by atoms with Crippen molar-refractivity contribution in [1.29, 1.82) is 0 Å². The molecular formula is C13H15BrFNO2. The van der Waals surface area contributed by atoms with Crippen molar-refractivity contribution in [3.63, 3.8) is 0 Å². The fourth-order valence-corrected chi connectivity index (χ4v) is 2.40. The number of ketones is 1. The van der Waals surface area contributed by atoms with Crippen molar-refractivity contribution in [2.45, 2.75) is 18.9 Å². The van der Waals surface area contributed by atoms with Crippen LogP contribution in [0.15, 0.2) is 22.7 Å². The van der Waals surface area contributed by atoms with Gasteiger partial charge in [-0.3, -0.25) is 4.79 Å². The average Bonchev–Trinajstić information content (AvgIpc) is 2.35. The Kier molecular flexibility index (Phi) is 4.86. The van der Waals surface area contributed by atoms with E-state index in [9.17, 15) is 9.18 Å². The number of hydrogen-bond donors (Lipinski definition) is 1. The van der Waals surface area contributed by atoms with Crippen LogP contribution in [0.3, 0.4) is 0 Å². The molecule has 1 aliphatic heterocycles. The molecule has 5 heteroatoms. The fraction of sp³-hybridized carbons (Fsp3) is 0.462. The number of halogens is 2. The van der Waals surface area contributed by atoms with Crippen LogP contribution >= 0.6 is 15.9 Å². The number of morpholine rings is 1. The lowest BCUT2D eigenvalue weighted by molar-refractivity contribution is -0.119. The second-order valence-electron chi connectivity index (χ2n) is 4.39. The largest absolute Gasteiger partial charge is 0.379 e. The number of rotatable bonds is 4. The molecule has 2 rings (SSSR count). The first kappa shape index (κ1) is 13.6. The van der Waals surface area contributed by atoms with E-state index in [4.69, 9.17) is 4.74 Å². The zero-order chi connectivity index (χ0) is 13.0. The first-order valence-electron chi connectivity index (χ1n) is 5.92. The summed E-state index contributed by atoms with van der Waals surface area (Å²) in [4.78, 5) is 11.9. The summed E-state index contributed by atoms with van der Waals surface area (Å²) in [6.07, 6.45) is 0.784. The van der Waals surface area contributed by atoms with Crippen LogP contribution in [0.2, 0.25) is 0 Å². The van der Waals surface area contributed by atoms with Crippen LogP contribution in [-0.4, -0.2) is 31.6 Å². The van der Waals surface area contributed by atoms with Gasteiger partial charge in [-0.1, -0.05) is 6.07 Å². The Balaban J connectivity index is 1.88. The molecule has 0 spiro atoms. The van der Waals surface area contributed by atoms with Crippen molar-refractivity contribution < 1.29 is 13.9 Å². The molecular weight excluding hydrogens is 301 g/mol. The highest BCUT2D eigenvalue weighted by Crippen LogP contribution is 2.17. The number of hydrogen-bond acceptors (Lipinski definition) is 3. The average molecular weight is 316 g/mol. The first-order chi connectivity index (χ1) is 8.65. The van der Waals surface area contributed by atoms with Gasteiger partial charge >= 0.3 is 0 Å². The lowest BCUT2D eigenvalue weighted by Crippen LogP contribution is -2.42. The summed E-state index contributed by atoms with van der Waals surface area (Å²) in [6, 6.07) is 4.77. The summed E-state index contributed by atoms with van der Waals surface area (Å²) >= 11 is 3.12. The van der Waals surface area contributed by atoms with Gasteiger partial charge in [-0.15, -0.1) is 0 Å². The first-order valence-corrected chi connectivity index (χ1v) is 6.71. The van der Waals surface area contributed by atoms with Gasteiger partial charge in [-0.25, -0.2) is 4.39 Å². The molecule has 0 aromatic heterocycles. The molecule has 0 radical (unpaired) electrons. The lowest BCUT2D eigenvalue weighted by atomic mass is 10.0. The van der Waals surface area contributed by atoms with Crippen molar-refractivity contribution >= 4 is 21.7 Å². The molecule has 1 unspecified atom stereocenters. The minimum Gasteiger partial charge on any atom is -0.379 e. The standard InChI is InChI=1S/C13H15BrFNO2/c14-12-6-9(1-2-13(12)15)5-11(17)7-10-8-18-4-3-16-10/h1-2,6,10,16H,3-5,7-8H2. The van der Waals surface area contributed by atoms with Crippen LogP contribution in [0.25, 0.3) is 0 Å². The molecule has 1 atom stereocenters. The Morgan fingerprint density at radius 1 is 1.56 bits per heavy atom. The molecule has 1 fully saturated rings. The van der Waals surface area contributed by atoms with Crippen LogP contribution < -0.4 is 5.32 Å². The highest BCUT2D eigenvalue weighted by Gasteiger charge is 2.17. The van der Waals surface area contributed by atoms with Gasteiger partial charge in [-0.05, 0) is 33.6 Å². The van der Waals surface area contributed by atoms with Gasteiger partial charge in [0.25, 0.3) is 0 Å². The monoisotopic (exact) mass is 315 g/mol. The Bertz CT molecular complexity index is 433. The zero-order valence-electron chi connectivity index (χ0n) is 9.92. The Hall–Kier alpha value is -0.780. The van der Waals surface area contributed by atoms with E-state index in [1.54, 1.807) is 12.1 Å². The fourth-order valence-electron chi connectivity index (χ4n) is 1.98. The van der Waals surface area contributed by atoms with Gasteiger partial charge in [0.05, 0.1) is 17.7 Å². The number of benzene rings is 1. The summed E-state index contributed by atoms with van der Waals surface area (Å²) in [5, 5.41) is 3.24. The van der Waals surface area contributed by atoms with Gasteiger partial charge in [0.1, 0.15) is 11.6 Å². The SMILES string of the molecule is O=C(Cc1ccc(F)c(Br)c1)CC1COCCN1. The van der Waals surface area contributed by atoms with Gasteiger partial charge in [0.2, 0.25) is 0 Å². The van der Waals surface area contributed by atoms with Crippen molar-refractivity contribution in [3.8, 4) is 0 Å². The lowest BCUT2D eigenvalue weighted by Gasteiger charge is -2.23. The molecule has 1 heterocycles. The molecule has 1 aromatic rings. The Morgan fingerprint density at radius 3 is 3.06 bits per heavy atom. The highest BCUT2D eigenvalue weighted by atomic mass is 79.9. The van der Waals surface area contributed by atoms with E-state index in [2.05, 4.69) is 21.2 Å². The third-order valence-corrected chi connectivity index (χ3v) is 3.47. The maximum atomic E-state index is 13.1. The Labute approximate surface area is 114 Å². The summed E-state index contributed by atoms with van der Waals surface area (Å²) in [5.74, 6) is -0.176. The third kappa shape index (κ3) is 3.86. The van der Waals surface area contributed by atoms with E-state index in [1.165, 1.54) is 6.07 Å². The van der Waals surface area contributed by atoms with Crippen molar-refractivity contribution in [2.24, 2.45) is 0 Å². The van der Waals surface area contributed by atoms with Crippen molar-refractivity contribution in [1.82, 2.24) is 5.32 Å². The quantitative estimate of drug-likeness (QED) is 0.924. The molecule has 0 aliphatic carbocycles. The van der Waals surface area contributed by atoms with E-state index in [0.717, 1.165) is 12.1 Å². The van der Waals surface area contributed by atoms with Crippen LogP contribution in [0.5, 0.6) is 0 Å². The molecule has 3 nitrogen and oxygen atoms in total. The summed E-state index contributed by atoms with van der Waals surface area (Å²) in [5.41, 5.74) is 0.824. The summed E-state index contributed by atoms with van der Waals surface area (Å²) in [7, 11) is 0. The van der Waals surface area contributed by atoms with E-state index in [-0.39, 0.29) is 17.6 Å². The smallest absolute Gasteiger partial charge is 0.138 e. The molecule has 1 saturated heterocycles. The summed E-state index contributed by atoms with van der Waals surface area (Å²) in [6.45, 7) is 2.08. The predicted octanol–water partition coefficient (Wildman–Crippen LogP) is 2.08.